The Hall–Kier alpha value is -3.31. The van der Waals surface area contributed by atoms with E-state index in [0.29, 0.717) is 16.3 Å². The molecule has 0 spiro atoms. The van der Waals surface area contributed by atoms with E-state index >= 15 is 0 Å². The summed E-state index contributed by atoms with van der Waals surface area (Å²) in [6, 6.07) is 23.8. The number of benzene rings is 3. The van der Waals surface area contributed by atoms with Gasteiger partial charge in [0.1, 0.15) is 5.82 Å². The fraction of sp³-hybridized carbons (Fsp3) is 0.0833. The Morgan fingerprint density at radius 2 is 1.69 bits per heavy atom. The maximum Gasteiger partial charge on any atom is 0.257 e. The highest BCUT2D eigenvalue weighted by atomic mass is 32.1. The molecule has 0 saturated heterocycles. The normalized spacial score (nSPS) is 11.8. The highest BCUT2D eigenvalue weighted by molar-refractivity contribution is 7.14. The van der Waals surface area contributed by atoms with E-state index in [0.717, 1.165) is 16.8 Å². The van der Waals surface area contributed by atoms with E-state index in [2.05, 4.69) is 10.3 Å². The number of halogens is 1. The number of hydrogen-bond donors (Lipinski definition) is 1. The van der Waals surface area contributed by atoms with Crippen molar-refractivity contribution in [2.75, 3.05) is 5.32 Å². The van der Waals surface area contributed by atoms with E-state index in [1.54, 1.807) is 24.3 Å². The van der Waals surface area contributed by atoms with Crippen LogP contribution >= 0.6 is 11.3 Å². The van der Waals surface area contributed by atoms with Crippen LogP contribution in [0.4, 0.5) is 9.52 Å². The largest absolute Gasteiger partial charge is 0.298 e. The van der Waals surface area contributed by atoms with Gasteiger partial charge in [0.2, 0.25) is 0 Å². The Morgan fingerprint density at radius 3 is 2.38 bits per heavy atom. The smallest absolute Gasteiger partial charge is 0.257 e. The second kappa shape index (κ2) is 8.37. The zero-order valence-electron chi connectivity index (χ0n) is 15.8. The molecule has 1 unspecified atom stereocenters. The molecule has 0 aliphatic carbocycles. The second-order valence-electron chi connectivity index (χ2n) is 6.72. The fourth-order valence-electron chi connectivity index (χ4n) is 3.12. The number of nitrogens with one attached hydrogen (secondary N) is 1. The number of carbonyl (C=O) groups excluding carboxylic acids is 1. The van der Waals surface area contributed by atoms with Crippen LogP contribution in [0.15, 0.2) is 84.2 Å². The minimum atomic E-state index is -0.256. The molecule has 144 valence electrons. The Balaban J connectivity index is 1.51. The van der Waals surface area contributed by atoms with Gasteiger partial charge >= 0.3 is 0 Å². The highest BCUT2D eigenvalue weighted by Gasteiger charge is 2.16. The molecular formula is C24H19FN2OS. The molecule has 1 N–H and O–H groups in total. The average Bonchev–Trinajstić information content (AvgIpc) is 3.23. The van der Waals surface area contributed by atoms with Crippen LogP contribution in [-0.4, -0.2) is 10.9 Å². The lowest BCUT2D eigenvalue weighted by Crippen LogP contribution is -2.11. The molecule has 3 nitrogen and oxygen atoms in total. The van der Waals surface area contributed by atoms with Gasteiger partial charge in [0.15, 0.2) is 5.13 Å². The number of nitrogens with zero attached hydrogens (tertiary/aromatic N) is 1. The predicted molar refractivity (Wildman–Crippen MR) is 116 cm³/mol. The molecule has 29 heavy (non-hydrogen) atoms. The first kappa shape index (κ1) is 19.0. The fourth-order valence-corrected chi connectivity index (χ4v) is 3.92. The summed E-state index contributed by atoms with van der Waals surface area (Å²) < 4.78 is 14.7. The van der Waals surface area contributed by atoms with Gasteiger partial charge in [0.25, 0.3) is 5.91 Å². The summed E-state index contributed by atoms with van der Waals surface area (Å²) in [4.78, 5) is 16.8. The molecule has 1 amide bonds. The molecule has 0 saturated carbocycles. The first-order valence-corrected chi connectivity index (χ1v) is 10.2. The summed E-state index contributed by atoms with van der Waals surface area (Å²) >= 11 is 1.36. The van der Waals surface area contributed by atoms with Crippen molar-refractivity contribution in [3.05, 3.63) is 107 Å². The third kappa shape index (κ3) is 4.25. The summed E-state index contributed by atoms with van der Waals surface area (Å²) in [6.45, 7) is 1.98. The van der Waals surface area contributed by atoms with Gasteiger partial charge < -0.3 is 0 Å². The minimum absolute atomic E-state index is 0.0899. The molecule has 0 fully saturated rings. The Kier molecular flexibility index (Phi) is 5.49. The van der Waals surface area contributed by atoms with E-state index < -0.39 is 0 Å². The number of carbonyl (C=O) groups is 1. The van der Waals surface area contributed by atoms with E-state index in [1.807, 2.05) is 66.9 Å². The highest BCUT2D eigenvalue weighted by Crippen LogP contribution is 2.31. The summed E-state index contributed by atoms with van der Waals surface area (Å²) in [6.07, 6.45) is 0. The minimum Gasteiger partial charge on any atom is -0.298 e. The molecule has 0 radical (unpaired) electrons. The monoisotopic (exact) mass is 402 g/mol. The molecule has 0 aliphatic heterocycles. The molecule has 0 aliphatic rings. The third-order valence-electron chi connectivity index (χ3n) is 4.80. The molecule has 0 bridgehead atoms. The van der Waals surface area contributed by atoms with Crippen molar-refractivity contribution in [1.82, 2.24) is 4.98 Å². The lowest BCUT2D eigenvalue weighted by atomic mass is 9.95. The van der Waals surface area contributed by atoms with Crippen LogP contribution in [0.2, 0.25) is 0 Å². The Bertz CT molecular complexity index is 1130. The maximum atomic E-state index is 14.7. The van der Waals surface area contributed by atoms with Gasteiger partial charge in [0, 0.05) is 22.4 Å². The molecule has 1 heterocycles. The molecule has 5 heteroatoms. The first-order valence-electron chi connectivity index (χ1n) is 9.28. The first-order chi connectivity index (χ1) is 14.1. The van der Waals surface area contributed by atoms with Gasteiger partial charge in [-0.15, -0.1) is 11.3 Å². The molecule has 1 aromatic heterocycles. The van der Waals surface area contributed by atoms with E-state index in [1.165, 1.54) is 11.3 Å². The van der Waals surface area contributed by atoms with Crippen molar-refractivity contribution >= 4 is 22.4 Å². The SMILES string of the molecule is CC(c1ccc(-c2ccccc2)c(F)c1)c1csc(NC(=O)c2ccccc2)n1. The van der Waals surface area contributed by atoms with Crippen LogP contribution in [0.1, 0.15) is 34.5 Å². The van der Waals surface area contributed by atoms with Crippen LogP contribution in [0.5, 0.6) is 0 Å². The number of amides is 1. The topological polar surface area (TPSA) is 42.0 Å². The molecular weight excluding hydrogens is 383 g/mol. The number of anilines is 1. The number of aromatic nitrogens is 1. The predicted octanol–water partition coefficient (Wildman–Crippen LogP) is 6.35. The standard InChI is InChI=1S/C24H19FN2OS/c1-16(19-12-13-20(21(25)14-19)17-8-4-2-5-9-17)22-15-29-24(26-22)27-23(28)18-10-6-3-7-11-18/h2-16H,1H3,(H,26,27,28). The maximum absolute atomic E-state index is 14.7. The Morgan fingerprint density at radius 1 is 1.00 bits per heavy atom. The van der Waals surface area contributed by atoms with Crippen LogP contribution in [0, 0.1) is 5.82 Å². The quantitative estimate of drug-likeness (QED) is 0.422. The molecule has 4 aromatic rings. The zero-order chi connectivity index (χ0) is 20.2. The van der Waals surface area contributed by atoms with Crippen molar-refractivity contribution in [3.8, 4) is 11.1 Å². The van der Waals surface area contributed by atoms with Crippen LogP contribution in [0.25, 0.3) is 11.1 Å². The zero-order valence-corrected chi connectivity index (χ0v) is 16.6. The van der Waals surface area contributed by atoms with Gasteiger partial charge in [-0.05, 0) is 29.3 Å². The van der Waals surface area contributed by atoms with Gasteiger partial charge in [-0.1, -0.05) is 67.6 Å². The van der Waals surface area contributed by atoms with Crippen molar-refractivity contribution < 1.29 is 9.18 Å². The van der Waals surface area contributed by atoms with Gasteiger partial charge in [0.05, 0.1) is 5.69 Å². The second-order valence-corrected chi connectivity index (χ2v) is 7.58. The van der Waals surface area contributed by atoms with Gasteiger partial charge in [-0.3, -0.25) is 10.1 Å². The van der Waals surface area contributed by atoms with Crippen molar-refractivity contribution in [2.45, 2.75) is 12.8 Å². The summed E-state index contributed by atoms with van der Waals surface area (Å²) in [5, 5.41) is 5.25. The Labute approximate surface area is 172 Å². The van der Waals surface area contributed by atoms with Crippen LogP contribution in [0.3, 0.4) is 0 Å². The molecule has 4 rings (SSSR count). The van der Waals surface area contributed by atoms with E-state index in [-0.39, 0.29) is 17.6 Å². The molecule has 3 aromatic carbocycles. The van der Waals surface area contributed by atoms with E-state index in [9.17, 15) is 9.18 Å². The summed E-state index contributed by atoms with van der Waals surface area (Å²) in [5.41, 5.74) is 3.65. The van der Waals surface area contributed by atoms with Gasteiger partial charge in [-0.25, -0.2) is 9.37 Å². The lowest BCUT2D eigenvalue weighted by molar-refractivity contribution is 0.102. The van der Waals surface area contributed by atoms with Crippen molar-refractivity contribution in [3.63, 3.8) is 0 Å². The summed E-state index contributed by atoms with van der Waals surface area (Å²) in [7, 11) is 0. The van der Waals surface area contributed by atoms with Gasteiger partial charge in [-0.2, -0.15) is 0 Å². The number of thiazole rings is 1. The number of hydrogen-bond acceptors (Lipinski definition) is 3. The average molecular weight is 402 g/mol. The van der Waals surface area contributed by atoms with E-state index in [4.69, 9.17) is 0 Å². The lowest BCUT2D eigenvalue weighted by Gasteiger charge is -2.11. The van der Waals surface area contributed by atoms with Crippen molar-refractivity contribution in [2.24, 2.45) is 0 Å². The third-order valence-corrected chi connectivity index (χ3v) is 5.58. The van der Waals surface area contributed by atoms with Crippen LogP contribution in [-0.2, 0) is 0 Å². The van der Waals surface area contributed by atoms with Crippen LogP contribution < -0.4 is 5.32 Å². The number of rotatable bonds is 5. The molecule has 1 atom stereocenters. The summed E-state index contributed by atoms with van der Waals surface area (Å²) in [5.74, 6) is -0.543. The van der Waals surface area contributed by atoms with Crippen molar-refractivity contribution in [1.29, 1.82) is 0 Å².